The van der Waals surface area contributed by atoms with Crippen LogP contribution in [-0.2, 0) is 27.9 Å². The number of unbranched alkanes of at least 4 members (excludes halogenated alkanes) is 30. The van der Waals surface area contributed by atoms with Crippen LogP contribution in [0.1, 0.15) is 226 Å². The maximum absolute atomic E-state index is 12.6. The van der Waals surface area contributed by atoms with Crippen LogP contribution in [-0.4, -0.2) is 66.3 Å². The van der Waals surface area contributed by atoms with Crippen molar-refractivity contribution in [1.29, 1.82) is 0 Å². The molecule has 10 heteroatoms. The highest BCUT2D eigenvalue weighted by Crippen LogP contribution is 2.43. The van der Waals surface area contributed by atoms with Crippen LogP contribution in [0.4, 0.5) is 0 Å². The van der Waals surface area contributed by atoms with Gasteiger partial charge in [0.15, 0.2) is 0 Å². The van der Waals surface area contributed by atoms with Crippen molar-refractivity contribution in [2.24, 2.45) is 0 Å². The summed E-state index contributed by atoms with van der Waals surface area (Å²) in [5.74, 6) is -0.377. The molecule has 0 radical (unpaired) electrons. The summed E-state index contributed by atoms with van der Waals surface area (Å²) in [6.07, 6.45) is 39.2. The molecule has 3 unspecified atom stereocenters. The summed E-state index contributed by atoms with van der Waals surface area (Å²) in [5, 5.41) is 18.3. The van der Waals surface area contributed by atoms with Crippen molar-refractivity contribution in [3.63, 3.8) is 0 Å². The highest BCUT2D eigenvalue weighted by molar-refractivity contribution is 7.47. The van der Waals surface area contributed by atoms with Crippen molar-refractivity contribution in [2.45, 2.75) is 238 Å². The van der Waals surface area contributed by atoms with E-state index in [0.29, 0.717) is 6.61 Å². The number of aliphatic hydroxyl groups is 2. The third-order valence-corrected chi connectivity index (χ3v) is 11.0. The second kappa shape index (κ2) is 41.1. The van der Waals surface area contributed by atoms with E-state index in [0.717, 1.165) is 32.1 Å². The second-order valence-corrected chi connectivity index (χ2v) is 16.9. The molecule has 0 bridgehead atoms. The van der Waals surface area contributed by atoms with E-state index in [2.05, 4.69) is 13.8 Å². The fraction of sp³-hybridized carbons (Fsp3) is 0.977. The van der Waals surface area contributed by atoms with Crippen molar-refractivity contribution in [3.05, 3.63) is 0 Å². The van der Waals surface area contributed by atoms with Gasteiger partial charge in [0.05, 0.1) is 26.4 Å². The molecule has 0 aliphatic carbocycles. The highest BCUT2D eigenvalue weighted by atomic mass is 31.2. The van der Waals surface area contributed by atoms with E-state index in [-0.39, 0.29) is 25.6 Å². The Morgan fingerprint density at radius 1 is 0.509 bits per heavy atom. The topological polar surface area (TPSA) is 132 Å². The Labute approximate surface area is 327 Å². The van der Waals surface area contributed by atoms with Gasteiger partial charge in [-0.1, -0.05) is 206 Å². The Kier molecular flexibility index (Phi) is 40.7. The number of aliphatic hydroxyl groups excluding tert-OH is 2. The minimum atomic E-state index is -4.51. The minimum absolute atomic E-state index is 0.0581. The molecule has 318 valence electrons. The lowest BCUT2D eigenvalue weighted by atomic mass is 10.0. The zero-order valence-corrected chi connectivity index (χ0v) is 35.7. The van der Waals surface area contributed by atoms with Gasteiger partial charge in [-0.05, 0) is 12.8 Å². The number of hydrogen-bond donors (Lipinski definition) is 3. The van der Waals surface area contributed by atoms with Gasteiger partial charge in [0.1, 0.15) is 12.2 Å². The maximum Gasteiger partial charge on any atom is 0.472 e. The van der Waals surface area contributed by atoms with Crippen molar-refractivity contribution in [1.82, 2.24) is 0 Å². The van der Waals surface area contributed by atoms with Gasteiger partial charge in [0.2, 0.25) is 0 Å². The van der Waals surface area contributed by atoms with Gasteiger partial charge < -0.3 is 24.6 Å². The van der Waals surface area contributed by atoms with E-state index in [9.17, 15) is 19.4 Å². The fourth-order valence-electron chi connectivity index (χ4n) is 6.59. The molecule has 0 aromatic heterocycles. The van der Waals surface area contributed by atoms with Crippen LogP contribution in [0.25, 0.3) is 0 Å². The molecule has 0 aromatic rings. The Morgan fingerprint density at radius 2 is 0.849 bits per heavy atom. The van der Waals surface area contributed by atoms with E-state index >= 15 is 0 Å². The van der Waals surface area contributed by atoms with Gasteiger partial charge in [-0.2, -0.15) is 0 Å². The molecule has 0 saturated carbocycles. The molecular weight excluding hydrogens is 691 g/mol. The number of phosphoric acid groups is 1. The number of ether oxygens (including phenoxy) is 2. The minimum Gasteiger partial charge on any atom is -0.457 e. The number of phosphoric ester groups is 1. The molecule has 3 N–H and O–H groups in total. The molecular formula is C43H87O9P. The first-order valence-corrected chi connectivity index (χ1v) is 24.0. The number of esters is 1. The molecule has 0 spiro atoms. The van der Waals surface area contributed by atoms with Gasteiger partial charge in [-0.25, -0.2) is 4.57 Å². The molecule has 0 fully saturated rings. The number of hydrogen-bond acceptors (Lipinski definition) is 8. The van der Waals surface area contributed by atoms with Gasteiger partial charge in [-0.15, -0.1) is 0 Å². The first-order valence-electron chi connectivity index (χ1n) is 22.5. The third-order valence-electron chi connectivity index (χ3n) is 10.0. The molecule has 3 atom stereocenters. The molecule has 0 aromatic carbocycles. The first kappa shape index (κ1) is 52.5. The van der Waals surface area contributed by atoms with Gasteiger partial charge >= 0.3 is 13.8 Å². The van der Waals surface area contributed by atoms with Crippen LogP contribution >= 0.6 is 7.82 Å². The molecule has 0 amide bonds. The molecule has 0 heterocycles. The molecule has 0 rings (SSSR count). The van der Waals surface area contributed by atoms with Crippen LogP contribution in [0, 0.1) is 0 Å². The van der Waals surface area contributed by atoms with E-state index in [1.165, 1.54) is 173 Å². The van der Waals surface area contributed by atoms with E-state index in [1.807, 2.05) is 0 Å². The Hall–Kier alpha value is -0.540. The van der Waals surface area contributed by atoms with Gasteiger partial charge in [0, 0.05) is 13.0 Å². The van der Waals surface area contributed by atoms with Crippen LogP contribution in [0.5, 0.6) is 0 Å². The van der Waals surface area contributed by atoms with Crippen molar-refractivity contribution in [3.8, 4) is 0 Å². The smallest absolute Gasteiger partial charge is 0.457 e. The standard InChI is InChI=1S/C43H87O9P/c1-3-5-7-9-11-13-15-17-18-19-20-21-22-23-24-26-28-30-32-34-36-49-39-42(40-51-53(47,48)50-38-41(45)37-44)52-43(46)35-33-31-29-27-25-16-14-12-10-8-6-4-2/h41-42,44-45H,3-40H2,1-2H3,(H,47,48). The molecule has 9 nitrogen and oxygen atoms in total. The number of rotatable bonds is 44. The van der Waals surface area contributed by atoms with Crippen molar-refractivity contribution < 1.29 is 43.0 Å². The fourth-order valence-corrected chi connectivity index (χ4v) is 7.38. The van der Waals surface area contributed by atoms with Gasteiger partial charge in [0.25, 0.3) is 0 Å². The summed E-state index contributed by atoms with van der Waals surface area (Å²) >= 11 is 0. The lowest BCUT2D eigenvalue weighted by Gasteiger charge is -2.20. The monoisotopic (exact) mass is 779 g/mol. The molecule has 53 heavy (non-hydrogen) atoms. The summed E-state index contributed by atoms with van der Waals surface area (Å²) in [6.45, 7) is 3.57. The Balaban J connectivity index is 4.04. The molecule has 0 saturated heterocycles. The lowest BCUT2D eigenvalue weighted by molar-refractivity contribution is -0.154. The average Bonchev–Trinajstić information content (AvgIpc) is 3.15. The van der Waals surface area contributed by atoms with Crippen LogP contribution in [0.3, 0.4) is 0 Å². The first-order chi connectivity index (χ1) is 25.8. The zero-order chi connectivity index (χ0) is 38.9. The lowest BCUT2D eigenvalue weighted by Crippen LogP contribution is -2.29. The molecule has 0 aliphatic heterocycles. The summed E-state index contributed by atoms with van der Waals surface area (Å²) in [6, 6.07) is 0. The quantitative estimate of drug-likeness (QED) is 0.0314. The summed E-state index contributed by atoms with van der Waals surface area (Å²) in [7, 11) is -4.51. The number of carbonyl (C=O) groups excluding carboxylic acids is 1. The highest BCUT2D eigenvalue weighted by Gasteiger charge is 2.26. The van der Waals surface area contributed by atoms with Crippen LogP contribution in [0.2, 0.25) is 0 Å². The predicted molar refractivity (Wildman–Crippen MR) is 219 cm³/mol. The zero-order valence-electron chi connectivity index (χ0n) is 34.8. The Bertz CT molecular complexity index is 800. The largest absolute Gasteiger partial charge is 0.472 e. The van der Waals surface area contributed by atoms with Crippen LogP contribution < -0.4 is 0 Å². The third kappa shape index (κ3) is 40.9. The summed E-state index contributed by atoms with van der Waals surface area (Å²) < 4.78 is 33.4. The molecule has 0 aliphatic rings. The predicted octanol–water partition coefficient (Wildman–Crippen LogP) is 12.3. The van der Waals surface area contributed by atoms with E-state index in [4.69, 9.17) is 23.6 Å². The average molecular weight is 779 g/mol. The summed E-state index contributed by atoms with van der Waals surface area (Å²) in [5.41, 5.74) is 0. The second-order valence-electron chi connectivity index (χ2n) is 15.4. The SMILES string of the molecule is CCCCCCCCCCCCCCCCCCCCCCOCC(COP(=O)(O)OCC(O)CO)OC(=O)CCCCCCCCCCCCCC. The van der Waals surface area contributed by atoms with E-state index in [1.54, 1.807) is 0 Å². The van der Waals surface area contributed by atoms with Crippen molar-refractivity contribution in [2.75, 3.05) is 33.0 Å². The Morgan fingerprint density at radius 3 is 1.23 bits per heavy atom. The summed E-state index contributed by atoms with van der Waals surface area (Å²) in [4.78, 5) is 22.5. The number of carbonyl (C=O) groups is 1. The maximum atomic E-state index is 12.6. The van der Waals surface area contributed by atoms with Crippen LogP contribution in [0.15, 0.2) is 0 Å². The normalized spacial score (nSPS) is 14.0. The van der Waals surface area contributed by atoms with E-state index < -0.39 is 33.2 Å². The van der Waals surface area contributed by atoms with Crippen molar-refractivity contribution >= 4 is 13.8 Å². The van der Waals surface area contributed by atoms with Gasteiger partial charge in [-0.3, -0.25) is 13.8 Å².